The molecule has 3 N–H and O–H groups in total. The number of aliphatic hydroxyl groups is 1. The summed E-state index contributed by atoms with van der Waals surface area (Å²) in [5.74, 6) is 0.508. The summed E-state index contributed by atoms with van der Waals surface area (Å²) in [6.45, 7) is 4.84. The molecule has 0 aliphatic carbocycles. The Kier molecular flexibility index (Phi) is 4.42. The number of nitrogens with zero attached hydrogens (tertiary/aromatic N) is 1. The molecular formula is C9H17N3O2. The SMILES string of the molecule is CC(C)NCC(O)COc1cc[nH]n1. The normalized spacial score (nSPS) is 13.1. The highest BCUT2D eigenvalue weighted by molar-refractivity contribution is 5.03. The predicted octanol–water partition coefficient (Wildman–Crippen LogP) is 0.147. The average Bonchev–Trinajstić information content (AvgIpc) is 2.63. The molecule has 0 saturated heterocycles. The first kappa shape index (κ1) is 11.0. The summed E-state index contributed by atoms with van der Waals surface area (Å²) in [5.41, 5.74) is 0. The van der Waals surface area contributed by atoms with Gasteiger partial charge in [0.2, 0.25) is 5.88 Å². The highest BCUT2D eigenvalue weighted by Crippen LogP contribution is 2.02. The van der Waals surface area contributed by atoms with Gasteiger partial charge in [0.1, 0.15) is 12.7 Å². The molecule has 0 aliphatic heterocycles. The van der Waals surface area contributed by atoms with Gasteiger partial charge in [0.25, 0.3) is 0 Å². The molecule has 1 aromatic rings. The minimum absolute atomic E-state index is 0.255. The Bertz CT molecular complexity index is 236. The van der Waals surface area contributed by atoms with E-state index in [-0.39, 0.29) is 6.61 Å². The van der Waals surface area contributed by atoms with E-state index in [1.807, 2.05) is 13.8 Å². The van der Waals surface area contributed by atoms with Crippen molar-refractivity contribution in [3.8, 4) is 5.88 Å². The fourth-order valence-electron chi connectivity index (χ4n) is 0.939. The Hall–Kier alpha value is -1.07. The van der Waals surface area contributed by atoms with Gasteiger partial charge in [0.05, 0.1) is 0 Å². The van der Waals surface area contributed by atoms with E-state index in [0.29, 0.717) is 18.5 Å². The summed E-state index contributed by atoms with van der Waals surface area (Å²) in [6.07, 6.45) is 1.17. The lowest BCUT2D eigenvalue weighted by Crippen LogP contribution is -2.35. The van der Waals surface area contributed by atoms with Gasteiger partial charge < -0.3 is 15.2 Å². The van der Waals surface area contributed by atoms with E-state index in [4.69, 9.17) is 4.74 Å². The fraction of sp³-hybridized carbons (Fsp3) is 0.667. The number of aliphatic hydroxyl groups excluding tert-OH is 1. The van der Waals surface area contributed by atoms with Gasteiger partial charge in [0, 0.05) is 24.8 Å². The van der Waals surface area contributed by atoms with Crippen LogP contribution in [-0.2, 0) is 0 Å². The quantitative estimate of drug-likeness (QED) is 0.610. The lowest BCUT2D eigenvalue weighted by Gasteiger charge is -2.13. The maximum absolute atomic E-state index is 9.47. The first-order valence-corrected chi connectivity index (χ1v) is 4.72. The summed E-state index contributed by atoms with van der Waals surface area (Å²) < 4.78 is 5.21. The zero-order valence-corrected chi connectivity index (χ0v) is 8.53. The Morgan fingerprint density at radius 1 is 1.64 bits per heavy atom. The van der Waals surface area contributed by atoms with Gasteiger partial charge in [-0.1, -0.05) is 13.8 Å². The van der Waals surface area contributed by atoms with Crippen molar-refractivity contribution >= 4 is 0 Å². The number of H-pyrrole nitrogens is 1. The van der Waals surface area contributed by atoms with Crippen LogP contribution >= 0.6 is 0 Å². The molecule has 0 spiro atoms. The number of hydrogen-bond donors (Lipinski definition) is 3. The lowest BCUT2D eigenvalue weighted by molar-refractivity contribution is 0.102. The minimum atomic E-state index is -0.505. The molecule has 1 heterocycles. The van der Waals surface area contributed by atoms with E-state index < -0.39 is 6.10 Å². The van der Waals surface area contributed by atoms with Gasteiger partial charge in [-0.05, 0) is 0 Å². The van der Waals surface area contributed by atoms with Gasteiger partial charge in [-0.25, -0.2) is 0 Å². The summed E-state index contributed by atoms with van der Waals surface area (Å²) in [7, 11) is 0. The maximum atomic E-state index is 9.47. The van der Waals surface area contributed by atoms with Crippen molar-refractivity contribution in [3.63, 3.8) is 0 Å². The van der Waals surface area contributed by atoms with Crippen LogP contribution in [0.4, 0.5) is 0 Å². The summed E-state index contributed by atoms with van der Waals surface area (Å²) in [4.78, 5) is 0. The van der Waals surface area contributed by atoms with E-state index in [2.05, 4.69) is 15.5 Å². The van der Waals surface area contributed by atoms with Crippen LogP contribution < -0.4 is 10.1 Å². The average molecular weight is 199 g/mol. The standard InChI is InChI=1S/C9H17N3O2/c1-7(2)10-5-8(13)6-14-9-3-4-11-12-9/h3-4,7-8,10,13H,5-6H2,1-2H3,(H,11,12). The van der Waals surface area contributed by atoms with Crippen molar-refractivity contribution in [1.29, 1.82) is 0 Å². The maximum Gasteiger partial charge on any atom is 0.232 e. The van der Waals surface area contributed by atoms with Crippen LogP contribution in [0.5, 0.6) is 5.88 Å². The Morgan fingerprint density at radius 3 is 3.00 bits per heavy atom. The molecule has 0 aromatic carbocycles. The minimum Gasteiger partial charge on any atom is -0.474 e. The van der Waals surface area contributed by atoms with Crippen molar-refractivity contribution in [1.82, 2.24) is 15.5 Å². The molecule has 0 saturated carbocycles. The van der Waals surface area contributed by atoms with Gasteiger partial charge in [-0.2, -0.15) is 0 Å². The van der Waals surface area contributed by atoms with Crippen LogP contribution in [0.2, 0.25) is 0 Å². The van der Waals surface area contributed by atoms with Crippen LogP contribution in [0.3, 0.4) is 0 Å². The number of nitrogens with one attached hydrogen (secondary N) is 2. The van der Waals surface area contributed by atoms with Gasteiger partial charge in [0.15, 0.2) is 0 Å². The predicted molar refractivity (Wildman–Crippen MR) is 53.2 cm³/mol. The zero-order valence-electron chi connectivity index (χ0n) is 8.53. The summed E-state index contributed by atoms with van der Waals surface area (Å²) in [5, 5.41) is 19.0. The van der Waals surface area contributed by atoms with Gasteiger partial charge in [-0.15, -0.1) is 5.10 Å². The van der Waals surface area contributed by atoms with E-state index in [1.165, 1.54) is 0 Å². The Balaban J connectivity index is 2.12. The molecule has 0 radical (unpaired) electrons. The fourth-order valence-corrected chi connectivity index (χ4v) is 0.939. The number of ether oxygens (including phenoxy) is 1. The Morgan fingerprint density at radius 2 is 2.43 bits per heavy atom. The molecule has 0 bridgehead atoms. The highest BCUT2D eigenvalue weighted by atomic mass is 16.5. The third kappa shape index (κ3) is 4.25. The third-order valence-electron chi connectivity index (χ3n) is 1.66. The van der Waals surface area contributed by atoms with Crippen LogP contribution in [0.25, 0.3) is 0 Å². The largest absolute Gasteiger partial charge is 0.474 e. The zero-order chi connectivity index (χ0) is 10.4. The van der Waals surface area contributed by atoms with E-state index in [0.717, 1.165) is 0 Å². The Labute approximate surface area is 83.5 Å². The van der Waals surface area contributed by atoms with E-state index in [1.54, 1.807) is 12.3 Å². The second-order valence-corrected chi connectivity index (χ2v) is 3.44. The summed E-state index contributed by atoms with van der Waals surface area (Å²) in [6, 6.07) is 2.08. The first-order chi connectivity index (χ1) is 6.68. The second-order valence-electron chi connectivity index (χ2n) is 3.44. The summed E-state index contributed by atoms with van der Waals surface area (Å²) >= 11 is 0. The van der Waals surface area contributed by atoms with Gasteiger partial charge >= 0.3 is 0 Å². The molecule has 1 unspecified atom stereocenters. The number of hydrogen-bond acceptors (Lipinski definition) is 4. The molecule has 0 fully saturated rings. The molecule has 5 nitrogen and oxygen atoms in total. The van der Waals surface area contributed by atoms with Crippen molar-refractivity contribution in [2.45, 2.75) is 26.0 Å². The molecule has 1 atom stereocenters. The van der Waals surface area contributed by atoms with Crippen molar-refractivity contribution in [2.24, 2.45) is 0 Å². The molecule has 5 heteroatoms. The van der Waals surface area contributed by atoms with Gasteiger partial charge in [-0.3, -0.25) is 5.10 Å². The molecule has 1 aromatic heterocycles. The topological polar surface area (TPSA) is 70.2 Å². The van der Waals surface area contributed by atoms with Crippen molar-refractivity contribution < 1.29 is 9.84 Å². The number of rotatable bonds is 6. The van der Waals surface area contributed by atoms with Crippen LogP contribution in [-0.4, -0.2) is 40.6 Å². The van der Waals surface area contributed by atoms with Crippen LogP contribution in [0, 0.1) is 0 Å². The smallest absolute Gasteiger partial charge is 0.232 e. The van der Waals surface area contributed by atoms with Crippen molar-refractivity contribution in [2.75, 3.05) is 13.2 Å². The first-order valence-electron chi connectivity index (χ1n) is 4.72. The number of aromatic nitrogens is 2. The van der Waals surface area contributed by atoms with E-state index >= 15 is 0 Å². The highest BCUT2D eigenvalue weighted by Gasteiger charge is 2.06. The molecule has 0 amide bonds. The molecule has 1 rings (SSSR count). The monoisotopic (exact) mass is 199 g/mol. The van der Waals surface area contributed by atoms with E-state index in [9.17, 15) is 5.11 Å². The second kappa shape index (κ2) is 5.62. The third-order valence-corrected chi connectivity index (χ3v) is 1.66. The molecular weight excluding hydrogens is 182 g/mol. The van der Waals surface area contributed by atoms with Crippen LogP contribution in [0.1, 0.15) is 13.8 Å². The molecule has 0 aliphatic rings. The lowest BCUT2D eigenvalue weighted by atomic mass is 10.3. The van der Waals surface area contributed by atoms with Crippen LogP contribution in [0.15, 0.2) is 12.3 Å². The molecule has 14 heavy (non-hydrogen) atoms. The van der Waals surface area contributed by atoms with Crippen molar-refractivity contribution in [3.05, 3.63) is 12.3 Å². The number of aromatic amines is 1. The molecule has 80 valence electrons.